The maximum atomic E-state index is 12.0. The van der Waals surface area contributed by atoms with Gasteiger partial charge in [-0.1, -0.05) is 12.1 Å². The number of ether oxygens (including phenoxy) is 1. The van der Waals surface area contributed by atoms with Gasteiger partial charge in [0.05, 0.1) is 12.0 Å². The summed E-state index contributed by atoms with van der Waals surface area (Å²) in [6, 6.07) is 13.2. The maximum absolute atomic E-state index is 12.0. The van der Waals surface area contributed by atoms with Gasteiger partial charge in [0.15, 0.2) is 9.84 Å². The Hall–Kier alpha value is -2.34. The average Bonchev–Trinajstić information content (AvgIpc) is 2.52. The number of amides is 1. The molecule has 0 aliphatic carbocycles. The molecule has 0 aliphatic rings. The summed E-state index contributed by atoms with van der Waals surface area (Å²) in [7, 11) is -1.63. The minimum absolute atomic E-state index is 0.199. The molecule has 0 radical (unpaired) electrons. The van der Waals surface area contributed by atoms with Gasteiger partial charge in [-0.2, -0.15) is 0 Å². The molecular weight excluding hydrogens is 302 g/mol. The molecule has 22 heavy (non-hydrogen) atoms. The van der Waals surface area contributed by atoms with E-state index in [0.29, 0.717) is 17.9 Å². The molecule has 0 atom stereocenters. The fourth-order valence-electron chi connectivity index (χ4n) is 1.88. The van der Waals surface area contributed by atoms with Crippen LogP contribution in [0.1, 0.15) is 15.9 Å². The summed E-state index contributed by atoms with van der Waals surface area (Å²) in [5, 5.41) is 2.78. The van der Waals surface area contributed by atoms with Crippen molar-refractivity contribution in [1.29, 1.82) is 0 Å². The van der Waals surface area contributed by atoms with Crippen LogP contribution >= 0.6 is 0 Å². The monoisotopic (exact) mass is 319 g/mol. The number of nitrogens with one attached hydrogen (secondary N) is 1. The first kappa shape index (κ1) is 16.0. The summed E-state index contributed by atoms with van der Waals surface area (Å²) in [6.45, 7) is 0.328. The van der Waals surface area contributed by atoms with E-state index in [4.69, 9.17) is 4.74 Å². The lowest BCUT2D eigenvalue weighted by Crippen LogP contribution is -2.22. The van der Waals surface area contributed by atoms with Gasteiger partial charge in [0, 0.05) is 18.4 Å². The van der Waals surface area contributed by atoms with Crippen LogP contribution in [-0.4, -0.2) is 27.7 Å². The average molecular weight is 319 g/mol. The van der Waals surface area contributed by atoms with Crippen LogP contribution < -0.4 is 10.1 Å². The number of benzene rings is 2. The number of hydrogen-bond donors (Lipinski definition) is 1. The minimum Gasteiger partial charge on any atom is -0.497 e. The van der Waals surface area contributed by atoms with Crippen LogP contribution in [0.4, 0.5) is 0 Å². The zero-order chi connectivity index (χ0) is 16.2. The molecule has 5 nitrogen and oxygen atoms in total. The van der Waals surface area contributed by atoms with Crippen LogP contribution in [0.15, 0.2) is 53.4 Å². The molecule has 0 saturated heterocycles. The molecule has 2 aromatic rings. The number of rotatable bonds is 5. The van der Waals surface area contributed by atoms with Crippen molar-refractivity contribution < 1.29 is 17.9 Å². The smallest absolute Gasteiger partial charge is 0.251 e. The minimum atomic E-state index is -3.20. The van der Waals surface area contributed by atoms with Crippen LogP contribution in [-0.2, 0) is 16.4 Å². The molecule has 0 heterocycles. The Bertz CT molecular complexity index is 750. The summed E-state index contributed by atoms with van der Waals surface area (Å²) in [5.41, 5.74) is 1.36. The highest BCUT2D eigenvalue weighted by Crippen LogP contribution is 2.12. The first-order valence-electron chi connectivity index (χ1n) is 6.61. The molecule has 2 aromatic carbocycles. The van der Waals surface area contributed by atoms with Gasteiger partial charge in [0.2, 0.25) is 0 Å². The lowest BCUT2D eigenvalue weighted by atomic mass is 10.2. The van der Waals surface area contributed by atoms with E-state index in [9.17, 15) is 13.2 Å². The van der Waals surface area contributed by atoms with Crippen molar-refractivity contribution in [3.05, 3.63) is 59.7 Å². The zero-order valence-corrected chi connectivity index (χ0v) is 13.2. The molecule has 116 valence electrons. The van der Waals surface area contributed by atoms with Gasteiger partial charge in [-0.25, -0.2) is 8.42 Å². The zero-order valence-electron chi connectivity index (χ0n) is 12.4. The molecule has 0 spiro atoms. The summed E-state index contributed by atoms with van der Waals surface area (Å²) in [6.07, 6.45) is 1.16. The standard InChI is InChI=1S/C16H17NO4S/c1-21-14-7-5-13(6-8-14)16(18)17-11-12-3-9-15(10-4-12)22(2,19)20/h3-10H,11H2,1-2H3,(H,17,18). The van der Waals surface area contributed by atoms with Gasteiger partial charge >= 0.3 is 0 Å². The van der Waals surface area contributed by atoms with Crippen LogP contribution in [0.2, 0.25) is 0 Å². The first-order valence-corrected chi connectivity index (χ1v) is 8.50. The van der Waals surface area contributed by atoms with Gasteiger partial charge in [0.25, 0.3) is 5.91 Å². The quantitative estimate of drug-likeness (QED) is 0.915. The molecule has 6 heteroatoms. The van der Waals surface area contributed by atoms with Crippen LogP contribution in [0.5, 0.6) is 5.75 Å². The molecule has 0 saturated carbocycles. The third-order valence-corrected chi connectivity index (χ3v) is 4.29. The van der Waals surface area contributed by atoms with E-state index < -0.39 is 9.84 Å². The predicted molar refractivity (Wildman–Crippen MR) is 83.7 cm³/mol. The van der Waals surface area contributed by atoms with Gasteiger partial charge in [-0.3, -0.25) is 4.79 Å². The van der Waals surface area contributed by atoms with Crippen molar-refractivity contribution in [2.24, 2.45) is 0 Å². The third kappa shape index (κ3) is 4.08. The highest BCUT2D eigenvalue weighted by Gasteiger charge is 2.08. The van der Waals surface area contributed by atoms with Crippen molar-refractivity contribution in [2.75, 3.05) is 13.4 Å². The third-order valence-electron chi connectivity index (χ3n) is 3.16. The molecule has 0 aliphatic heterocycles. The molecule has 1 N–H and O–H groups in total. The molecule has 0 aromatic heterocycles. The van der Waals surface area contributed by atoms with Gasteiger partial charge in [-0.15, -0.1) is 0 Å². The van der Waals surface area contributed by atoms with E-state index in [1.165, 1.54) is 12.1 Å². The van der Waals surface area contributed by atoms with E-state index in [2.05, 4.69) is 5.32 Å². The lowest BCUT2D eigenvalue weighted by Gasteiger charge is -2.07. The molecule has 0 fully saturated rings. The Balaban J connectivity index is 1.98. The fourth-order valence-corrected chi connectivity index (χ4v) is 2.51. The molecule has 2 rings (SSSR count). The Morgan fingerprint density at radius 1 is 1.05 bits per heavy atom. The predicted octanol–water partition coefficient (Wildman–Crippen LogP) is 2.03. The van der Waals surface area contributed by atoms with Crippen LogP contribution in [0.25, 0.3) is 0 Å². The van der Waals surface area contributed by atoms with E-state index in [1.807, 2.05) is 0 Å². The summed E-state index contributed by atoms with van der Waals surface area (Å²) in [5.74, 6) is 0.489. The highest BCUT2D eigenvalue weighted by molar-refractivity contribution is 7.90. The summed E-state index contributed by atoms with van der Waals surface area (Å²) >= 11 is 0. The number of hydrogen-bond acceptors (Lipinski definition) is 4. The van der Waals surface area contributed by atoms with Crippen LogP contribution in [0.3, 0.4) is 0 Å². The van der Waals surface area contributed by atoms with Crippen molar-refractivity contribution in [2.45, 2.75) is 11.4 Å². The second-order valence-corrected chi connectivity index (χ2v) is 6.84. The van der Waals surface area contributed by atoms with Gasteiger partial charge in [-0.05, 0) is 42.0 Å². The number of carbonyl (C=O) groups is 1. The summed E-state index contributed by atoms with van der Waals surface area (Å²) in [4.78, 5) is 12.3. The summed E-state index contributed by atoms with van der Waals surface area (Å²) < 4.78 is 27.8. The second kappa shape index (κ2) is 6.62. The lowest BCUT2D eigenvalue weighted by molar-refractivity contribution is 0.0951. The van der Waals surface area contributed by atoms with Crippen molar-refractivity contribution in [3.63, 3.8) is 0 Å². The number of sulfone groups is 1. The van der Waals surface area contributed by atoms with Crippen molar-refractivity contribution in [3.8, 4) is 5.75 Å². The number of methoxy groups -OCH3 is 1. The van der Waals surface area contributed by atoms with Crippen molar-refractivity contribution >= 4 is 15.7 Å². The maximum Gasteiger partial charge on any atom is 0.251 e. The number of carbonyl (C=O) groups excluding carboxylic acids is 1. The second-order valence-electron chi connectivity index (χ2n) is 4.83. The Labute approximate surface area is 129 Å². The fraction of sp³-hybridized carbons (Fsp3) is 0.188. The molecular formula is C16H17NO4S. The Morgan fingerprint density at radius 2 is 1.64 bits per heavy atom. The first-order chi connectivity index (χ1) is 10.4. The van der Waals surface area contributed by atoms with E-state index in [0.717, 1.165) is 11.8 Å². The molecule has 1 amide bonds. The molecule has 0 bridgehead atoms. The van der Waals surface area contributed by atoms with E-state index in [-0.39, 0.29) is 10.8 Å². The Kier molecular flexibility index (Phi) is 4.82. The Morgan fingerprint density at radius 3 is 2.14 bits per heavy atom. The van der Waals surface area contributed by atoms with E-state index >= 15 is 0 Å². The topological polar surface area (TPSA) is 72.5 Å². The van der Waals surface area contributed by atoms with Gasteiger partial charge in [0.1, 0.15) is 5.75 Å². The normalized spacial score (nSPS) is 11.0. The van der Waals surface area contributed by atoms with E-state index in [1.54, 1.807) is 43.5 Å². The molecule has 0 unspecified atom stereocenters. The SMILES string of the molecule is COc1ccc(C(=O)NCc2ccc(S(C)(=O)=O)cc2)cc1. The van der Waals surface area contributed by atoms with Gasteiger partial charge < -0.3 is 10.1 Å². The van der Waals surface area contributed by atoms with Crippen LogP contribution in [0, 0.1) is 0 Å². The largest absolute Gasteiger partial charge is 0.497 e. The van der Waals surface area contributed by atoms with Crippen molar-refractivity contribution in [1.82, 2.24) is 5.32 Å². The highest BCUT2D eigenvalue weighted by atomic mass is 32.2.